The van der Waals surface area contributed by atoms with Crippen LogP contribution in [-0.4, -0.2) is 26.3 Å². The zero-order chi connectivity index (χ0) is 18.6. The van der Waals surface area contributed by atoms with Crippen molar-refractivity contribution in [3.63, 3.8) is 0 Å². The molecule has 0 aliphatic rings. The van der Waals surface area contributed by atoms with Crippen molar-refractivity contribution in [2.75, 3.05) is 26.3 Å². The molecule has 0 aliphatic carbocycles. The van der Waals surface area contributed by atoms with E-state index in [0.29, 0.717) is 19.1 Å². The minimum Gasteiger partial charge on any atom is -0.494 e. The number of hydrogen-bond acceptors (Lipinski definition) is 4. The Kier molecular flexibility index (Phi) is 9.01. The van der Waals surface area contributed by atoms with Gasteiger partial charge >= 0.3 is 0 Å². The SMILES string of the molecule is CCCOc1ccc(CCNCC(C)COc2cccc(CN)c2)cc1. The number of nitrogens with two attached hydrogens (primary N) is 1. The first-order valence-corrected chi connectivity index (χ1v) is 9.55. The molecule has 4 nitrogen and oxygen atoms in total. The number of nitrogens with one attached hydrogen (secondary N) is 1. The molecule has 0 spiro atoms. The van der Waals surface area contributed by atoms with Gasteiger partial charge in [-0.25, -0.2) is 0 Å². The van der Waals surface area contributed by atoms with E-state index in [1.165, 1.54) is 5.56 Å². The molecule has 26 heavy (non-hydrogen) atoms. The molecule has 1 unspecified atom stereocenters. The van der Waals surface area contributed by atoms with Crippen LogP contribution in [0.4, 0.5) is 0 Å². The molecule has 2 aromatic rings. The van der Waals surface area contributed by atoms with Crippen molar-refractivity contribution in [3.8, 4) is 11.5 Å². The average molecular weight is 357 g/mol. The number of rotatable bonds is 12. The van der Waals surface area contributed by atoms with Crippen molar-refractivity contribution in [2.45, 2.75) is 33.2 Å². The van der Waals surface area contributed by atoms with E-state index in [2.05, 4.69) is 43.4 Å². The number of benzene rings is 2. The molecule has 3 N–H and O–H groups in total. The second kappa shape index (κ2) is 11.6. The Balaban J connectivity index is 1.61. The third kappa shape index (κ3) is 7.46. The molecule has 0 saturated heterocycles. The highest BCUT2D eigenvalue weighted by atomic mass is 16.5. The van der Waals surface area contributed by atoms with Crippen LogP contribution in [0.15, 0.2) is 48.5 Å². The summed E-state index contributed by atoms with van der Waals surface area (Å²) in [5.41, 5.74) is 8.08. The van der Waals surface area contributed by atoms with Crippen molar-refractivity contribution in [2.24, 2.45) is 11.7 Å². The number of hydrogen-bond donors (Lipinski definition) is 2. The van der Waals surface area contributed by atoms with E-state index in [9.17, 15) is 0 Å². The van der Waals surface area contributed by atoms with Crippen LogP contribution < -0.4 is 20.5 Å². The lowest BCUT2D eigenvalue weighted by Crippen LogP contribution is -2.26. The van der Waals surface area contributed by atoms with Crippen LogP contribution in [0.1, 0.15) is 31.4 Å². The van der Waals surface area contributed by atoms with E-state index in [4.69, 9.17) is 15.2 Å². The summed E-state index contributed by atoms with van der Waals surface area (Å²) >= 11 is 0. The fraction of sp³-hybridized carbons (Fsp3) is 0.455. The third-order valence-electron chi connectivity index (χ3n) is 4.15. The van der Waals surface area contributed by atoms with Gasteiger partial charge in [0.2, 0.25) is 0 Å². The summed E-state index contributed by atoms with van der Waals surface area (Å²) in [5.74, 6) is 2.29. The van der Waals surface area contributed by atoms with Crippen molar-refractivity contribution >= 4 is 0 Å². The monoisotopic (exact) mass is 356 g/mol. The molecule has 0 aliphatic heterocycles. The van der Waals surface area contributed by atoms with Crippen LogP contribution in [0, 0.1) is 5.92 Å². The zero-order valence-electron chi connectivity index (χ0n) is 16.0. The van der Waals surface area contributed by atoms with Crippen molar-refractivity contribution in [3.05, 3.63) is 59.7 Å². The van der Waals surface area contributed by atoms with Gasteiger partial charge in [0.1, 0.15) is 11.5 Å². The Bertz CT molecular complexity index is 628. The first kappa shape index (κ1) is 20.3. The summed E-state index contributed by atoms with van der Waals surface area (Å²) in [7, 11) is 0. The Morgan fingerprint density at radius 2 is 1.81 bits per heavy atom. The minimum atomic E-state index is 0.446. The lowest BCUT2D eigenvalue weighted by Gasteiger charge is -2.14. The molecule has 0 bridgehead atoms. The molecule has 4 heteroatoms. The lowest BCUT2D eigenvalue weighted by molar-refractivity contribution is 0.256. The molecular weight excluding hydrogens is 324 g/mol. The van der Waals surface area contributed by atoms with Gasteiger partial charge in [-0.15, -0.1) is 0 Å². The largest absolute Gasteiger partial charge is 0.494 e. The smallest absolute Gasteiger partial charge is 0.119 e. The topological polar surface area (TPSA) is 56.5 Å². The molecule has 0 amide bonds. The van der Waals surface area contributed by atoms with E-state index in [1.807, 2.05) is 24.3 Å². The standard InChI is InChI=1S/C22H32N2O2/c1-3-13-25-21-9-7-19(8-10-21)11-12-24-16-18(2)17-26-22-6-4-5-20(14-22)15-23/h4-10,14,18,24H,3,11-13,15-17,23H2,1-2H3. The highest BCUT2D eigenvalue weighted by Crippen LogP contribution is 2.14. The minimum absolute atomic E-state index is 0.446. The van der Waals surface area contributed by atoms with Crippen LogP contribution in [-0.2, 0) is 13.0 Å². The van der Waals surface area contributed by atoms with Gasteiger partial charge in [-0.3, -0.25) is 0 Å². The zero-order valence-corrected chi connectivity index (χ0v) is 16.0. The van der Waals surface area contributed by atoms with Gasteiger partial charge in [-0.05, 0) is 54.8 Å². The van der Waals surface area contributed by atoms with Gasteiger partial charge in [0.05, 0.1) is 13.2 Å². The van der Waals surface area contributed by atoms with Gasteiger partial charge in [0.25, 0.3) is 0 Å². The normalized spacial score (nSPS) is 12.0. The Morgan fingerprint density at radius 3 is 2.54 bits per heavy atom. The summed E-state index contributed by atoms with van der Waals surface area (Å²) < 4.78 is 11.5. The molecule has 0 saturated carbocycles. The van der Waals surface area contributed by atoms with E-state index < -0.39 is 0 Å². The summed E-state index contributed by atoms with van der Waals surface area (Å²) in [5, 5.41) is 3.51. The van der Waals surface area contributed by atoms with Gasteiger partial charge in [0.15, 0.2) is 0 Å². The molecule has 0 radical (unpaired) electrons. The summed E-state index contributed by atoms with van der Waals surface area (Å²) in [4.78, 5) is 0. The van der Waals surface area contributed by atoms with E-state index >= 15 is 0 Å². The fourth-order valence-corrected chi connectivity index (χ4v) is 2.61. The van der Waals surface area contributed by atoms with E-state index in [0.717, 1.165) is 49.6 Å². The predicted molar refractivity (Wildman–Crippen MR) is 108 cm³/mol. The van der Waals surface area contributed by atoms with Crippen LogP contribution in [0.2, 0.25) is 0 Å². The molecule has 0 heterocycles. The molecule has 1 atom stereocenters. The van der Waals surface area contributed by atoms with Crippen molar-refractivity contribution < 1.29 is 9.47 Å². The van der Waals surface area contributed by atoms with Crippen LogP contribution in [0.25, 0.3) is 0 Å². The second-order valence-corrected chi connectivity index (χ2v) is 6.71. The summed E-state index contributed by atoms with van der Waals surface area (Å²) in [6, 6.07) is 16.4. The second-order valence-electron chi connectivity index (χ2n) is 6.71. The Morgan fingerprint density at radius 1 is 1.00 bits per heavy atom. The van der Waals surface area contributed by atoms with Crippen LogP contribution >= 0.6 is 0 Å². The van der Waals surface area contributed by atoms with Gasteiger partial charge < -0.3 is 20.5 Å². The third-order valence-corrected chi connectivity index (χ3v) is 4.15. The Labute approximate surface area is 157 Å². The van der Waals surface area contributed by atoms with Gasteiger partial charge in [-0.1, -0.05) is 38.1 Å². The predicted octanol–water partition coefficient (Wildman–Crippen LogP) is 3.78. The van der Waals surface area contributed by atoms with Crippen molar-refractivity contribution in [1.82, 2.24) is 5.32 Å². The number of ether oxygens (including phenoxy) is 2. The molecular formula is C22H32N2O2. The van der Waals surface area contributed by atoms with Gasteiger partial charge in [0, 0.05) is 19.0 Å². The summed E-state index contributed by atoms with van der Waals surface area (Å²) in [6.45, 7) is 8.22. The summed E-state index contributed by atoms with van der Waals surface area (Å²) in [6.07, 6.45) is 2.05. The first-order chi connectivity index (χ1) is 12.7. The molecule has 0 aromatic heterocycles. The maximum absolute atomic E-state index is 5.86. The maximum atomic E-state index is 5.86. The fourth-order valence-electron chi connectivity index (χ4n) is 2.61. The molecule has 142 valence electrons. The van der Waals surface area contributed by atoms with Crippen molar-refractivity contribution in [1.29, 1.82) is 0 Å². The Hall–Kier alpha value is -2.04. The van der Waals surface area contributed by atoms with E-state index in [-0.39, 0.29) is 0 Å². The van der Waals surface area contributed by atoms with Crippen LogP contribution in [0.3, 0.4) is 0 Å². The van der Waals surface area contributed by atoms with Gasteiger partial charge in [-0.2, -0.15) is 0 Å². The average Bonchev–Trinajstić information content (AvgIpc) is 2.69. The quantitative estimate of drug-likeness (QED) is 0.568. The molecule has 0 fully saturated rings. The van der Waals surface area contributed by atoms with Crippen LogP contribution in [0.5, 0.6) is 11.5 Å². The highest BCUT2D eigenvalue weighted by Gasteiger charge is 2.04. The first-order valence-electron chi connectivity index (χ1n) is 9.55. The maximum Gasteiger partial charge on any atom is 0.119 e. The molecule has 2 aromatic carbocycles. The highest BCUT2D eigenvalue weighted by molar-refractivity contribution is 5.28. The lowest BCUT2D eigenvalue weighted by atomic mass is 10.1. The van der Waals surface area contributed by atoms with E-state index in [1.54, 1.807) is 0 Å². The molecule has 2 rings (SSSR count).